The van der Waals surface area contributed by atoms with Gasteiger partial charge in [0, 0.05) is 11.8 Å². The number of nitrogens with zero attached hydrogens (tertiary/aromatic N) is 1. The van der Waals surface area contributed by atoms with E-state index in [1.165, 1.54) is 30.3 Å². The second-order valence-electron chi connectivity index (χ2n) is 9.10. The van der Waals surface area contributed by atoms with E-state index in [9.17, 15) is 26.9 Å². The van der Waals surface area contributed by atoms with Crippen LogP contribution in [-0.4, -0.2) is 28.9 Å². The van der Waals surface area contributed by atoms with Gasteiger partial charge in [0.1, 0.15) is 5.75 Å². The van der Waals surface area contributed by atoms with Crippen molar-refractivity contribution in [2.75, 3.05) is 16.6 Å². The zero-order valence-electron chi connectivity index (χ0n) is 22.3. The number of sulfonamides is 2. The largest absolute Gasteiger partial charge is 0.497 e. The number of rotatable bonds is 11. The topological polar surface area (TPSA) is 145 Å². The molecule has 214 valence electrons. The highest BCUT2D eigenvalue weighted by molar-refractivity contribution is 7.98. The molecule has 0 aliphatic heterocycles. The van der Waals surface area contributed by atoms with E-state index in [2.05, 4.69) is 9.44 Å². The predicted molar refractivity (Wildman–Crippen MR) is 160 cm³/mol. The lowest BCUT2D eigenvalue weighted by Gasteiger charge is -2.17. The van der Waals surface area contributed by atoms with Gasteiger partial charge in [-0.3, -0.25) is 19.6 Å². The lowest BCUT2D eigenvalue weighted by molar-refractivity contribution is -0.387. The first-order valence-electron chi connectivity index (χ1n) is 12.1. The summed E-state index contributed by atoms with van der Waals surface area (Å²) in [6, 6.07) is 21.5. The minimum absolute atomic E-state index is 0.0544. The molecule has 4 aromatic rings. The number of thioether (sulfide) groups is 1. The van der Waals surface area contributed by atoms with E-state index in [-0.39, 0.29) is 31.7 Å². The van der Waals surface area contributed by atoms with E-state index in [1.54, 1.807) is 50.4 Å². The Morgan fingerprint density at radius 1 is 0.756 bits per heavy atom. The summed E-state index contributed by atoms with van der Waals surface area (Å²) in [6.45, 7) is 3.61. The first-order chi connectivity index (χ1) is 19.4. The van der Waals surface area contributed by atoms with Gasteiger partial charge in [-0.2, -0.15) is 0 Å². The van der Waals surface area contributed by atoms with Gasteiger partial charge in [-0.15, -0.1) is 11.8 Å². The van der Waals surface area contributed by atoms with Gasteiger partial charge < -0.3 is 4.74 Å². The summed E-state index contributed by atoms with van der Waals surface area (Å²) in [4.78, 5) is 11.4. The van der Waals surface area contributed by atoms with Crippen LogP contribution in [0.5, 0.6) is 5.75 Å². The Kier molecular flexibility index (Phi) is 8.90. The molecule has 4 aromatic carbocycles. The fourth-order valence-electron chi connectivity index (χ4n) is 3.72. The molecular weight excluding hydrogens is 587 g/mol. The van der Waals surface area contributed by atoms with Crippen LogP contribution in [0.15, 0.2) is 99.6 Å². The lowest BCUT2D eigenvalue weighted by atomic mass is 10.2. The average molecular weight is 614 g/mol. The molecule has 0 saturated heterocycles. The summed E-state index contributed by atoms with van der Waals surface area (Å²) in [5, 5.41) is 12.1. The molecule has 0 spiro atoms. The van der Waals surface area contributed by atoms with Crippen LogP contribution in [0.4, 0.5) is 17.1 Å². The Hall–Kier alpha value is -4.07. The SMILES string of the molecule is COc1ccc(CSc2cc(NS(=O)(=O)c3ccc(C)cc3)c(NS(=O)(=O)c3ccc(C)cc3)cc2[N+](=O)[O-])cc1. The van der Waals surface area contributed by atoms with E-state index < -0.39 is 25.0 Å². The van der Waals surface area contributed by atoms with Gasteiger partial charge in [-0.1, -0.05) is 47.5 Å². The quantitative estimate of drug-likeness (QED) is 0.117. The van der Waals surface area contributed by atoms with Crippen molar-refractivity contribution in [1.29, 1.82) is 0 Å². The maximum atomic E-state index is 13.3. The predicted octanol–water partition coefficient (Wildman–Crippen LogP) is 6.11. The van der Waals surface area contributed by atoms with Crippen molar-refractivity contribution < 1.29 is 26.5 Å². The number of benzene rings is 4. The van der Waals surface area contributed by atoms with Crippen molar-refractivity contribution in [3.63, 3.8) is 0 Å². The van der Waals surface area contributed by atoms with Crippen LogP contribution in [0.3, 0.4) is 0 Å². The van der Waals surface area contributed by atoms with E-state index in [4.69, 9.17) is 4.74 Å². The third-order valence-corrected chi connectivity index (χ3v) is 9.88. The molecular formula is C28H27N3O7S3. The van der Waals surface area contributed by atoms with E-state index >= 15 is 0 Å². The average Bonchev–Trinajstić information content (AvgIpc) is 2.93. The van der Waals surface area contributed by atoms with Crippen molar-refractivity contribution in [2.24, 2.45) is 0 Å². The molecule has 0 aliphatic carbocycles. The van der Waals surface area contributed by atoms with Gasteiger partial charge in [0.05, 0.1) is 38.1 Å². The van der Waals surface area contributed by atoms with Crippen LogP contribution in [0.2, 0.25) is 0 Å². The third kappa shape index (κ3) is 7.37. The number of hydrogen-bond donors (Lipinski definition) is 2. The number of hydrogen-bond acceptors (Lipinski definition) is 8. The van der Waals surface area contributed by atoms with Crippen molar-refractivity contribution in [1.82, 2.24) is 0 Å². The van der Waals surface area contributed by atoms with E-state index in [0.29, 0.717) is 11.5 Å². The molecule has 0 saturated carbocycles. The molecule has 0 fully saturated rings. The molecule has 0 amide bonds. The highest BCUT2D eigenvalue weighted by Gasteiger charge is 2.25. The summed E-state index contributed by atoms with van der Waals surface area (Å²) in [6.07, 6.45) is 0. The Labute approximate surface area is 243 Å². The summed E-state index contributed by atoms with van der Waals surface area (Å²) < 4.78 is 62.8. The van der Waals surface area contributed by atoms with Gasteiger partial charge >= 0.3 is 0 Å². The fourth-order valence-corrected chi connectivity index (χ4v) is 6.86. The van der Waals surface area contributed by atoms with Crippen LogP contribution in [-0.2, 0) is 25.8 Å². The maximum Gasteiger partial charge on any atom is 0.285 e. The Bertz CT molecular complexity index is 1770. The Balaban J connectivity index is 1.77. The van der Waals surface area contributed by atoms with E-state index in [0.717, 1.165) is 34.5 Å². The fraction of sp³-hybridized carbons (Fsp3) is 0.143. The van der Waals surface area contributed by atoms with Crippen molar-refractivity contribution in [3.05, 3.63) is 112 Å². The minimum Gasteiger partial charge on any atom is -0.497 e. The molecule has 0 heterocycles. The molecule has 10 nitrogen and oxygen atoms in total. The highest BCUT2D eigenvalue weighted by atomic mass is 32.2. The lowest BCUT2D eigenvalue weighted by Crippen LogP contribution is -2.18. The summed E-state index contributed by atoms with van der Waals surface area (Å²) in [5.74, 6) is 0.978. The van der Waals surface area contributed by atoms with Crippen LogP contribution in [0.1, 0.15) is 16.7 Å². The van der Waals surface area contributed by atoms with Crippen molar-refractivity contribution in [3.8, 4) is 5.75 Å². The minimum atomic E-state index is -4.22. The maximum absolute atomic E-state index is 13.3. The van der Waals surface area contributed by atoms with Gasteiger partial charge in [-0.05, 0) is 61.9 Å². The summed E-state index contributed by atoms with van der Waals surface area (Å²) in [5.41, 5.74) is 1.69. The van der Waals surface area contributed by atoms with Gasteiger partial charge in [0.2, 0.25) is 0 Å². The number of nitro benzene ring substituents is 1. The van der Waals surface area contributed by atoms with Crippen LogP contribution >= 0.6 is 11.8 Å². The Morgan fingerprint density at radius 3 is 1.66 bits per heavy atom. The molecule has 41 heavy (non-hydrogen) atoms. The van der Waals surface area contributed by atoms with Gasteiger partial charge in [0.25, 0.3) is 25.7 Å². The zero-order chi connectivity index (χ0) is 29.8. The monoisotopic (exact) mass is 613 g/mol. The van der Waals surface area contributed by atoms with E-state index in [1.807, 2.05) is 19.1 Å². The third-order valence-electron chi connectivity index (χ3n) is 6.00. The first-order valence-corrected chi connectivity index (χ1v) is 16.1. The summed E-state index contributed by atoms with van der Waals surface area (Å²) >= 11 is 1.11. The second kappa shape index (κ2) is 12.2. The second-order valence-corrected chi connectivity index (χ2v) is 13.5. The number of aryl methyl sites for hydroxylation is 2. The van der Waals surface area contributed by atoms with Gasteiger partial charge in [-0.25, -0.2) is 16.8 Å². The molecule has 0 bridgehead atoms. The molecule has 0 radical (unpaired) electrons. The van der Waals surface area contributed by atoms with Gasteiger partial charge in [0.15, 0.2) is 0 Å². The van der Waals surface area contributed by atoms with Crippen molar-refractivity contribution in [2.45, 2.75) is 34.3 Å². The molecule has 13 heteroatoms. The molecule has 4 rings (SSSR count). The molecule has 0 aromatic heterocycles. The molecule has 0 aliphatic rings. The van der Waals surface area contributed by atoms with Crippen LogP contribution in [0, 0.1) is 24.0 Å². The number of nitro groups is 1. The smallest absolute Gasteiger partial charge is 0.285 e. The molecule has 0 unspecified atom stereocenters. The number of methoxy groups -OCH3 is 1. The Morgan fingerprint density at radius 2 is 1.22 bits per heavy atom. The highest BCUT2D eigenvalue weighted by Crippen LogP contribution is 2.40. The molecule has 0 atom stereocenters. The van der Waals surface area contributed by atoms with Crippen LogP contribution in [0.25, 0.3) is 0 Å². The number of nitrogens with one attached hydrogen (secondary N) is 2. The first kappa shape index (κ1) is 29.9. The summed E-state index contributed by atoms with van der Waals surface area (Å²) in [7, 11) is -6.86. The standard InChI is InChI=1S/C28H27N3O7S3/c1-19-4-12-23(13-5-19)40(34,35)29-25-16-27(31(32)33)28(39-18-21-8-10-22(38-3)11-9-21)17-26(25)30-41(36,37)24-14-6-20(2)7-15-24/h4-17,29-30H,18H2,1-3H3. The number of anilines is 2. The normalized spacial score (nSPS) is 11.6. The van der Waals surface area contributed by atoms with Crippen LogP contribution < -0.4 is 14.2 Å². The van der Waals surface area contributed by atoms with Crippen molar-refractivity contribution >= 4 is 48.9 Å². The molecule has 2 N–H and O–H groups in total. The number of ether oxygens (including phenoxy) is 1. The zero-order valence-corrected chi connectivity index (χ0v) is 24.8.